The van der Waals surface area contributed by atoms with Gasteiger partial charge in [0, 0.05) is 5.41 Å². The Morgan fingerprint density at radius 3 is 1.90 bits per heavy atom. The van der Waals surface area contributed by atoms with Crippen molar-refractivity contribution in [2.24, 2.45) is 5.92 Å². The predicted molar refractivity (Wildman–Crippen MR) is 82.6 cm³/mol. The molecule has 0 aromatic heterocycles. The molecule has 0 spiro atoms. The van der Waals surface area contributed by atoms with Crippen LogP contribution in [0.2, 0.25) is 0 Å². The lowest BCUT2D eigenvalue weighted by Crippen LogP contribution is -2.16. The summed E-state index contributed by atoms with van der Waals surface area (Å²) in [7, 11) is 0. The predicted octanol–water partition coefficient (Wildman–Crippen LogP) is 3.93. The minimum absolute atomic E-state index is 0.00338. The summed E-state index contributed by atoms with van der Waals surface area (Å²) >= 11 is 0. The molecule has 1 nitrogen and oxygen atoms in total. The minimum atomic E-state index is -0.450. The number of hydrogen-bond acceptors (Lipinski definition) is 1. The van der Waals surface area contributed by atoms with Crippen LogP contribution in [-0.4, -0.2) is 11.2 Å². The fourth-order valence-electron chi connectivity index (χ4n) is 3.28. The average molecular weight is 264 g/mol. The van der Waals surface area contributed by atoms with Gasteiger partial charge in [0.1, 0.15) is 0 Å². The van der Waals surface area contributed by atoms with Crippen molar-refractivity contribution in [1.29, 1.82) is 0 Å². The molecule has 0 aliphatic heterocycles. The van der Waals surface area contributed by atoms with Crippen LogP contribution in [0.4, 0.5) is 0 Å². The van der Waals surface area contributed by atoms with Crippen LogP contribution in [0.15, 0.2) is 72.8 Å². The summed E-state index contributed by atoms with van der Waals surface area (Å²) in [6, 6.07) is 21.2. The highest BCUT2D eigenvalue weighted by atomic mass is 16.3. The van der Waals surface area contributed by atoms with E-state index in [1.54, 1.807) is 6.92 Å². The largest absolute Gasteiger partial charge is 0.389 e. The van der Waals surface area contributed by atoms with E-state index in [1.807, 2.05) is 12.1 Å². The molecule has 1 saturated carbocycles. The topological polar surface area (TPSA) is 20.2 Å². The van der Waals surface area contributed by atoms with E-state index in [4.69, 9.17) is 0 Å². The van der Waals surface area contributed by atoms with Crippen LogP contribution in [0.3, 0.4) is 0 Å². The van der Waals surface area contributed by atoms with E-state index < -0.39 is 6.10 Å². The molecule has 0 radical (unpaired) electrons. The molecule has 1 fully saturated rings. The second kappa shape index (κ2) is 4.92. The standard InChI is InChI=1S/C19H20O/c1-14(15(2)20)18-13-19(18,16-9-5-3-6-10-16)17-11-7-4-8-12-17/h3-12,15,18,20H,1,13H2,2H3/t15-,18+/m0/s1. The first-order valence-electron chi connectivity index (χ1n) is 7.14. The fourth-order valence-corrected chi connectivity index (χ4v) is 3.28. The van der Waals surface area contributed by atoms with Crippen molar-refractivity contribution >= 4 is 0 Å². The molecule has 1 aliphatic carbocycles. The van der Waals surface area contributed by atoms with Gasteiger partial charge in [-0.1, -0.05) is 67.2 Å². The molecule has 1 heteroatoms. The summed E-state index contributed by atoms with van der Waals surface area (Å²) in [5.41, 5.74) is 3.57. The summed E-state index contributed by atoms with van der Waals surface area (Å²) in [6.45, 7) is 5.92. The SMILES string of the molecule is C=C([C@H](C)O)[C@H]1CC1(c1ccccc1)c1ccccc1. The van der Waals surface area contributed by atoms with Gasteiger partial charge in [-0.3, -0.25) is 0 Å². The maximum atomic E-state index is 9.86. The van der Waals surface area contributed by atoms with Crippen molar-refractivity contribution in [3.8, 4) is 0 Å². The second-order valence-electron chi connectivity index (χ2n) is 5.71. The van der Waals surface area contributed by atoms with Gasteiger partial charge in [0.05, 0.1) is 6.10 Å². The van der Waals surface area contributed by atoms with E-state index in [9.17, 15) is 5.11 Å². The minimum Gasteiger partial charge on any atom is -0.389 e. The molecule has 0 bridgehead atoms. The Kier molecular flexibility index (Phi) is 3.23. The summed E-state index contributed by atoms with van der Waals surface area (Å²) < 4.78 is 0. The molecule has 1 aliphatic rings. The van der Waals surface area contributed by atoms with Crippen molar-refractivity contribution in [2.45, 2.75) is 24.9 Å². The van der Waals surface area contributed by atoms with Gasteiger partial charge >= 0.3 is 0 Å². The van der Waals surface area contributed by atoms with Crippen molar-refractivity contribution in [2.75, 3.05) is 0 Å². The maximum Gasteiger partial charge on any atom is 0.0722 e. The molecular formula is C19H20O. The highest BCUT2D eigenvalue weighted by molar-refractivity contribution is 5.50. The zero-order chi connectivity index (χ0) is 14.2. The summed E-state index contributed by atoms with van der Waals surface area (Å²) in [5, 5.41) is 9.86. The molecule has 102 valence electrons. The van der Waals surface area contributed by atoms with E-state index >= 15 is 0 Å². The number of benzene rings is 2. The molecule has 2 aromatic rings. The number of hydrogen-bond donors (Lipinski definition) is 1. The first kappa shape index (κ1) is 13.1. The second-order valence-corrected chi connectivity index (χ2v) is 5.71. The Balaban J connectivity index is 2.06. The Morgan fingerprint density at radius 1 is 1.05 bits per heavy atom. The van der Waals surface area contributed by atoms with E-state index in [1.165, 1.54) is 11.1 Å². The molecule has 1 N–H and O–H groups in total. The third-order valence-corrected chi connectivity index (χ3v) is 4.52. The lowest BCUT2D eigenvalue weighted by atomic mass is 9.83. The van der Waals surface area contributed by atoms with Crippen LogP contribution in [0.1, 0.15) is 24.5 Å². The van der Waals surface area contributed by atoms with Gasteiger partial charge in [-0.15, -0.1) is 0 Å². The van der Waals surface area contributed by atoms with Gasteiger partial charge in [0.25, 0.3) is 0 Å². The molecule has 0 saturated heterocycles. The summed E-state index contributed by atoms with van der Waals surface area (Å²) in [4.78, 5) is 0. The van der Waals surface area contributed by atoms with E-state index in [0.717, 1.165) is 12.0 Å². The third kappa shape index (κ3) is 1.99. The van der Waals surface area contributed by atoms with Crippen LogP contribution in [0.5, 0.6) is 0 Å². The Morgan fingerprint density at radius 2 is 1.50 bits per heavy atom. The van der Waals surface area contributed by atoms with Crippen molar-refractivity contribution < 1.29 is 5.11 Å². The van der Waals surface area contributed by atoms with Crippen LogP contribution in [0.25, 0.3) is 0 Å². The van der Waals surface area contributed by atoms with E-state index in [-0.39, 0.29) is 5.41 Å². The Labute approximate surface area is 120 Å². The highest BCUT2D eigenvalue weighted by Crippen LogP contribution is 2.61. The quantitative estimate of drug-likeness (QED) is 0.830. The van der Waals surface area contributed by atoms with Crippen molar-refractivity contribution in [1.82, 2.24) is 0 Å². The molecule has 2 aromatic carbocycles. The maximum absolute atomic E-state index is 9.86. The van der Waals surface area contributed by atoms with Crippen LogP contribution < -0.4 is 0 Å². The van der Waals surface area contributed by atoms with E-state index in [0.29, 0.717) is 5.92 Å². The number of aliphatic hydroxyl groups is 1. The van der Waals surface area contributed by atoms with Crippen molar-refractivity contribution in [3.05, 3.63) is 83.9 Å². The van der Waals surface area contributed by atoms with Gasteiger partial charge in [0.15, 0.2) is 0 Å². The zero-order valence-corrected chi connectivity index (χ0v) is 11.8. The lowest BCUT2D eigenvalue weighted by Gasteiger charge is -2.21. The van der Waals surface area contributed by atoms with Gasteiger partial charge in [-0.05, 0) is 36.0 Å². The monoisotopic (exact) mass is 264 g/mol. The highest BCUT2D eigenvalue weighted by Gasteiger charge is 2.57. The molecular weight excluding hydrogens is 244 g/mol. The molecule has 2 atom stereocenters. The first-order chi connectivity index (χ1) is 9.66. The van der Waals surface area contributed by atoms with Gasteiger partial charge in [-0.2, -0.15) is 0 Å². The van der Waals surface area contributed by atoms with Crippen LogP contribution >= 0.6 is 0 Å². The first-order valence-corrected chi connectivity index (χ1v) is 7.14. The molecule has 0 amide bonds. The Bertz CT molecular complexity index is 559. The van der Waals surface area contributed by atoms with Crippen LogP contribution in [0, 0.1) is 5.92 Å². The smallest absolute Gasteiger partial charge is 0.0722 e. The zero-order valence-electron chi connectivity index (χ0n) is 11.8. The van der Waals surface area contributed by atoms with Crippen LogP contribution in [-0.2, 0) is 5.41 Å². The van der Waals surface area contributed by atoms with Gasteiger partial charge in [-0.25, -0.2) is 0 Å². The number of rotatable bonds is 4. The van der Waals surface area contributed by atoms with Gasteiger partial charge in [0.2, 0.25) is 0 Å². The van der Waals surface area contributed by atoms with Gasteiger partial charge < -0.3 is 5.11 Å². The third-order valence-electron chi connectivity index (χ3n) is 4.52. The Hall–Kier alpha value is -1.86. The molecule has 3 rings (SSSR count). The average Bonchev–Trinajstić information content (AvgIpc) is 3.25. The molecule has 0 unspecified atom stereocenters. The summed E-state index contributed by atoms with van der Waals surface area (Å²) in [5.74, 6) is 0.326. The van der Waals surface area contributed by atoms with E-state index in [2.05, 4.69) is 55.1 Å². The lowest BCUT2D eigenvalue weighted by molar-refractivity contribution is 0.224. The number of aliphatic hydroxyl groups excluding tert-OH is 1. The summed E-state index contributed by atoms with van der Waals surface area (Å²) in [6.07, 6.45) is 0.583. The van der Waals surface area contributed by atoms with Crippen molar-refractivity contribution in [3.63, 3.8) is 0 Å². The normalized spacial score (nSPS) is 21.2. The molecule has 20 heavy (non-hydrogen) atoms. The fraction of sp³-hybridized carbons (Fsp3) is 0.263. The molecule has 0 heterocycles.